The zero-order valence-corrected chi connectivity index (χ0v) is 16.7. The molecule has 1 N–H and O–H groups in total. The molecule has 1 aliphatic heterocycles. The lowest BCUT2D eigenvalue weighted by molar-refractivity contribution is 0.00696. The normalized spacial score (nSPS) is 20.9. The van der Waals surface area contributed by atoms with Crippen LogP contribution >= 0.6 is 11.6 Å². The molecule has 27 heavy (non-hydrogen) atoms. The minimum atomic E-state index is -0.521. The van der Waals surface area contributed by atoms with Crippen molar-refractivity contribution in [2.24, 2.45) is 0 Å². The van der Waals surface area contributed by atoms with Gasteiger partial charge in [0.1, 0.15) is 11.4 Å². The molecule has 2 aromatic carbocycles. The Morgan fingerprint density at radius 3 is 2.81 bits per heavy atom. The first-order valence-corrected chi connectivity index (χ1v) is 9.67. The van der Waals surface area contributed by atoms with Crippen LogP contribution in [0.25, 0.3) is 0 Å². The Morgan fingerprint density at radius 1 is 1.22 bits per heavy atom. The quantitative estimate of drug-likeness (QED) is 0.703. The number of hydrogen-bond donors (Lipinski definition) is 1. The number of nitrogens with one attached hydrogen (secondary N) is 1. The van der Waals surface area contributed by atoms with Gasteiger partial charge in [-0.05, 0) is 75.1 Å². The third kappa shape index (κ3) is 3.51. The minimum Gasteiger partial charge on any atom is -0.490 e. The first-order valence-electron chi connectivity index (χ1n) is 9.29. The predicted octanol–water partition coefficient (Wildman–Crippen LogP) is 4.98. The highest BCUT2D eigenvalue weighted by Gasteiger charge is 2.41. The summed E-state index contributed by atoms with van der Waals surface area (Å²) in [5.41, 5.74) is 3.36. The van der Waals surface area contributed by atoms with Crippen molar-refractivity contribution in [1.29, 1.82) is 0 Å². The number of halogens is 1. The number of benzene rings is 2. The van der Waals surface area contributed by atoms with Crippen molar-refractivity contribution in [3.63, 3.8) is 0 Å². The van der Waals surface area contributed by atoms with Gasteiger partial charge in [0.15, 0.2) is 0 Å². The average Bonchev–Trinajstić information content (AvgIpc) is 2.83. The number of aryl methyl sites for hydroxylation is 1. The molecule has 1 aliphatic carbocycles. The van der Waals surface area contributed by atoms with Gasteiger partial charge in [-0.25, -0.2) is 4.79 Å². The fourth-order valence-electron chi connectivity index (χ4n) is 3.92. The highest BCUT2D eigenvalue weighted by atomic mass is 35.5. The number of rotatable bonds is 1. The fourth-order valence-corrected chi connectivity index (χ4v) is 4.11. The van der Waals surface area contributed by atoms with Crippen LogP contribution in [0.2, 0.25) is 5.02 Å². The third-order valence-electron chi connectivity index (χ3n) is 5.25. The molecule has 142 valence electrons. The highest BCUT2D eigenvalue weighted by Crippen LogP contribution is 2.43. The second-order valence-corrected chi connectivity index (χ2v) is 8.87. The van der Waals surface area contributed by atoms with Gasteiger partial charge in [-0.2, -0.15) is 0 Å². The van der Waals surface area contributed by atoms with Crippen LogP contribution in [0.3, 0.4) is 0 Å². The molecule has 4 rings (SSSR count). The van der Waals surface area contributed by atoms with E-state index in [9.17, 15) is 4.79 Å². The molecule has 0 radical (unpaired) electrons. The van der Waals surface area contributed by atoms with Crippen molar-refractivity contribution in [3.8, 4) is 5.75 Å². The summed E-state index contributed by atoms with van der Waals surface area (Å²) in [5.74, 6) is 0.438. The Morgan fingerprint density at radius 2 is 2.04 bits per heavy atom. The topological polar surface area (TPSA) is 47.6 Å². The summed E-state index contributed by atoms with van der Waals surface area (Å²) >= 11 is 6.16. The second kappa shape index (κ2) is 6.45. The van der Waals surface area contributed by atoms with Crippen molar-refractivity contribution < 1.29 is 14.3 Å². The van der Waals surface area contributed by atoms with Crippen molar-refractivity contribution >= 4 is 23.3 Å². The summed E-state index contributed by atoms with van der Waals surface area (Å²) in [6.07, 6.45) is 2.02. The van der Waals surface area contributed by atoms with Crippen LogP contribution in [0.15, 0.2) is 36.4 Å². The summed E-state index contributed by atoms with van der Waals surface area (Å²) < 4.78 is 11.6. The van der Waals surface area contributed by atoms with E-state index in [1.54, 1.807) is 6.07 Å². The molecule has 1 spiro atoms. The second-order valence-electron chi connectivity index (χ2n) is 8.44. The Balaban J connectivity index is 1.59. The molecule has 2 aliphatic rings. The number of esters is 1. The number of carbonyl (C=O) groups excluding carboxylic acids is 1. The lowest BCUT2D eigenvalue weighted by Crippen LogP contribution is -2.36. The third-order valence-corrected chi connectivity index (χ3v) is 5.48. The molecule has 1 atom stereocenters. The SMILES string of the molecule is CC(C)(C)OC(=O)c1ccc2c(c1)NC[C@@]1(CCc3cc(Cl)ccc31)CO2. The van der Waals surface area contributed by atoms with E-state index in [2.05, 4.69) is 17.4 Å². The lowest BCUT2D eigenvalue weighted by atomic mass is 9.82. The van der Waals surface area contributed by atoms with Gasteiger partial charge in [-0.3, -0.25) is 0 Å². The molecule has 2 aromatic rings. The van der Waals surface area contributed by atoms with E-state index in [-0.39, 0.29) is 11.4 Å². The van der Waals surface area contributed by atoms with E-state index in [0.717, 1.165) is 35.8 Å². The van der Waals surface area contributed by atoms with E-state index in [4.69, 9.17) is 21.1 Å². The van der Waals surface area contributed by atoms with Gasteiger partial charge in [-0.15, -0.1) is 0 Å². The van der Waals surface area contributed by atoms with E-state index in [1.165, 1.54) is 11.1 Å². The van der Waals surface area contributed by atoms with Crippen LogP contribution in [-0.4, -0.2) is 24.7 Å². The monoisotopic (exact) mass is 385 g/mol. The smallest absolute Gasteiger partial charge is 0.338 e. The van der Waals surface area contributed by atoms with Gasteiger partial charge in [0, 0.05) is 17.0 Å². The maximum Gasteiger partial charge on any atom is 0.338 e. The summed E-state index contributed by atoms with van der Waals surface area (Å²) in [7, 11) is 0. The van der Waals surface area contributed by atoms with E-state index in [0.29, 0.717) is 12.2 Å². The Labute approximate surface area is 164 Å². The molecule has 4 nitrogen and oxygen atoms in total. The Hall–Kier alpha value is -2.20. The van der Waals surface area contributed by atoms with Crippen molar-refractivity contribution in [2.75, 3.05) is 18.5 Å². The standard InChI is InChI=1S/C22H24ClNO3/c1-21(2,3)27-20(25)15-4-7-19-18(11-15)24-12-22(13-26-19)9-8-14-10-16(23)5-6-17(14)22/h4-7,10-11,24H,8-9,12-13H2,1-3H3/t22-/m0/s1. The van der Waals surface area contributed by atoms with Crippen LogP contribution in [0.5, 0.6) is 5.75 Å². The largest absolute Gasteiger partial charge is 0.490 e. The van der Waals surface area contributed by atoms with Crippen molar-refractivity contribution in [3.05, 3.63) is 58.1 Å². The van der Waals surface area contributed by atoms with Gasteiger partial charge >= 0.3 is 5.97 Å². The molecule has 0 saturated carbocycles. The van der Waals surface area contributed by atoms with Crippen molar-refractivity contribution in [1.82, 2.24) is 0 Å². The van der Waals surface area contributed by atoms with Gasteiger partial charge in [0.25, 0.3) is 0 Å². The van der Waals surface area contributed by atoms with Crippen molar-refractivity contribution in [2.45, 2.75) is 44.6 Å². The molecule has 0 unspecified atom stereocenters. The predicted molar refractivity (Wildman–Crippen MR) is 107 cm³/mol. The average molecular weight is 386 g/mol. The van der Waals surface area contributed by atoms with Gasteiger partial charge in [-0.1, -0.05) is 17.7 Å². The maximum atomic E-state index is 12.4. The van der Waals surface area contributed by atoms with Crippen LogP contribution in [0.1, 0.15) is 48.7 Å². The van der Waals surface area contributed by atoms with E-state index in [1.807, 2.05) is 39.0 Å². The van der Waals surface area contributed by atoms with Gasteiger partial charge in [0.05, 0.1) is 17.9 Å². The first-order chi connectivity index (χ1) is 12.8. The minimum absolute atomic E-state index is 0.0783. The summed E-state index contributed by atoms with van der Waals surface area (Å²) in [6, 6.07) is 11.6. The van der Waals surface area contributed by atoms with Crippen LogP contribution in [0.4, 0.5) is 5.69 Å². The molecule has 5 heteroatoms. The summed E-state index contributed by atoms with van der Waals surface area (Å²) in [5, 5.41) is 4.28. The maximum absolute atomic E-state index is 12.4. The molecule has 0 amide bonds. The van der Waals surface area contributed by atoms with E-state index < -0.39 is 5.60 Å². The molecule has 0 aromatic heterocycles. The van der Waals surface area contributed by atoms with E-state index >= 15 is 0 Å². The molecule has 0 bridgehead atoms. The number of anilines is 1. The molecular weight excluding hydrogens is 362 g/mol. The molecule has 0 fully saturated rings. The lowest BCUT2D eigenvalue weighted by Gasteiger charge is -2.28. The Kier molecular flexibility index (Phi) is 4.34. The van der Waals surface area contributed by atoms with Gasteiger partial charge < -0.3 is 14.8 Å². The highest BCUT2D eigenvalue weighted by molar-refractivity contribution is 6.30. The molecule has 1 heterocycles. The van der Waals surface area contributed by atoms with Crippen LogP contribution < -0.4 is 10.1 Å². The van der Waals surface area contributed by atoms with Gasteiger partial charge in [0.2, 0.25) is 0 Å². The summed E-state index contributed by atoms with van der Waals surface area (Å²) in [4.78, 5) is 12.4. The van der Waals surface area contributed by atoms with Crippen LogP contribution in [-0.2, 0) is 16.6 Å². The zero-order valence-electron chi connectivity index (χ0n) is 15.9. The number of carbonyl (C=O) groups is 1. The zero-order chi connectivity index (χ0) is 19.2. The number of ether oxygens (including phenoxy) is 2. The fraction of sp³-hybridized carbons (Fsp3) is 0.409. The molecule has 0 saturated heterocycles. The summed E-state index contributed by atoms with van der Waals surface area (Å²) in [6.45, 7) is 6.95. The Bertz CT molecular complexity index is 903. The van der Waals surface area contributed by atoms with Crippen LogP contribution in [0, 0.1) is 0 Å². The molecular formula is C22H24ClNO3. The number of hydrogen-bond acceptors (Lipinski definition) is 4. The number of fused-ring (bicyclic) bond motifs is 3. The first kappa shape index (κ1) is 18.2.